The number of amides is 2. The van der Waals surface area contributed by atoms with Gasteiger partial charge in [-0.2, -0.15) is 0 Å². The first-order chi connectivity index (χ1) is 9.84. The number of aliphatic imine (C=N–C) groups is 1. The lowest BCUT2D eigenvalue weighted by Gasteiger charge is -2.14. The standard InChI is InChI=1S/C14H23N5OS/c1-6-7-8-15-10-9-18(5)13(20)19(10)12-17-16-11(21-12)14(2,3)4/h6-9H2,1-5H3. The summed E-state index contributed by atoms with van der Waals surface area (Å²) in [5, 5.41) is 9.96. The van der Waals surface area contributed by atoms with Crippen LogP contribution in [-0.2, 0) is 5.41 Å². The monoisotopic (exact) mass is 309 g/mol. The molecule has 2 amide bonds. The minimum atomic E-state index is -0.0816. The molecule has 0 N–H and O–H groups in total. The highest BCUT2D eigenvalue weighted by Crippen LogP contribution is 2.31. The van der Waals surface area contributed by atoms with E-state index in [1.807, 2.05) is 0 Å². The van der Waals surface area contributed by atoms with Gasteiger partial charge in [-0.3, -0.25) is 4.99 Å². The summed E-state index contributed by atoms with van der Waals surface area (Å²) in [6.07, 6.45) is 2.12. The van der Waals surface area contributed by atoms with Crippen molar-refractivity contribution in [2.45, 2.75) is 46.0 Å². The van der Waals surface area contributed by atoms with Gasteiger partial charge in [-0.1, -0.05) is 45.5 Å². The van der Waals surface area contributed by atoms with Gasteiger partial charge in [0.05, 0.1) is 6.54 Å². The quantitative estimate of drug-likeness (QED) is 0.803. The Kier molecular flexibility index (Phi) is 4.61. The Morgan fingerprint density at radius 3 is 2.62 bits per heavy atom. The number of carbonyl (C=O) groups excluding carboxylic acids is 1. The molecular formula is C14H23N5OS. The second kappa shape index (κ2) is 6.09. The molecule has 6 nitrogen and oxygen atoms in total. The molecule has 0 aliphatic carbocycles. The molecule has 1 aromatic rings. The lowest BCUT2D eigenvalue weighted by molar-refractivity contribution is 0.229. The summed E-state index contributed by atoms with van der Waals surface area (Å²) in [6, 6.07) is -0.0816. The summed E-state index contributed by atoms with van der Waals surface area (Å²) in [6.45, 7) is 9.67. The van der Waals surface area contributed by atoms with Crippen LogP contribution < -0.4 is 4.90 Å². The minimum Gasteiger partial charge on any atom is -0.320 e. The Balaban J connectivity index is 2.27. The zero-order chi connectivity index (χ0) is 15.6. The summed E-state index contributed by atoms with van der Waals surface area (Å²) in [4.78, 5) is 20.1. The minimum absolute atomic E-state index is 0.0654. The molecule has 1 fully saturated rings. The number of hydrogen-bond acceptors (Lipinski definition) is 5. The zero-order valence-electron chi connectivity index (χ0n) is 13.4. The van der Waals surface area contributed by atoms with Gasteiger partial charge in [0.2, 0.25) is 5.13 Å². The molecule has 1 saturated heterocycles. The van der Waals surface area contributed by atoms with Gasteiger partial charge < -0.3 is 4.90 Å². The van der Waals surface area contributed by atoms with Crippen LogP contribution in [0.5, 0.6) is 0 Å². The van der Waals surface area contributed by atoms with Gasteiger partial charge in [0.1, 0.15) is 10.8 Å². The first-order valence-corrected chi connectivity index (χ1v) is 8.08. The third kappa shape index (κ3) is 3.40. The highest BCUT2D eigenvalue weighted by atomic mass is 32.1. The summed E-state index contributed by atoms with van der Waals surface area (Å²) >= 11 is 1.46. The average Bonchev–Trinajstić information content (AvgIpc) is 2.96. The van der Waals surface area contributed by atoms with E-state index in [1.165, 1.54) is 11.3 Å². The fraction of sp³-hybridized carbons (Fsp3) is 0.714. The van der Waals surface area contributed by atoms with Crippen molar-refractivity contribution < 1.29 is 4.79 Å². The highest BCUT2D eigenvalue weighted by molar-refractivity contribution is 7.15. The topological polar surface area (TPSA) is 61.7 Å². The largest absolute Gasteiger partial charge is 0.332 e. The zero-order valence-corrected chi connectivity index (χ0v) is 14.2. The van der Waals surface area contributed by atoms with E-state index in [1.54, 1.807) is 16.8 Å². The third-order valence-electron chi connectivity index (χ3n) is 3.21. The Bertz CT molecular complexity index is 546. The number of nitrogens with zero attached hydrogens (tertiary/aromatic N) is 5. The predicted octanol–water partition coefficient (Wildman–Crippen LogP) is 2.91. The number of rotatable bonds is 4. The maximum atomic E-state index is 12.3. The third-order valence-corrected chi connectivity index (χ3v) is 4.54. The number of likely N-dealkylation sites (N-methyl/N-ethyl adjacent to an activating group) is 1. The Morgan fingerprint density at radius 1 is 1.33 bits per heavy atom. The van der Waals surface area contributed by atoms with Crippen molar-refractivity contribution in [1.82, 2.24) is 15.1 Å². The van der Waals surface area contributed by atoms with E-state index in [2.05, 4.69) is 42.9 Å². The SMILES string of the molecule is CCCCN=C1CN(C)C(=O)N1c1nnc(C(C)(C)C)s1. The van der Waals surface area contributed by atoms with Crippen LogP contribution in [0.4, 0.5) is 9.93 Å². The van der Waals surface area contributed by atoms with Gasteiger partial charge in [0, 0.05) is 19.0 Å². The van der Waals surface area contributed by atoms with E-state index in [0.29, 0.717) is 11.7 Å². The normalized spacial score (nSPS) is 18.1. The summed E-state index contributed by atoms with van der Waals surface area (Å²) < 4.78 is 0. The second-order valence-electron chi connectivity index (χ2n) is 6.27. The number of urea groups is 1. The van der Waals surface area contributed by atoms with E-state index in [9.17, 15) is 4.79 Å². The molecule has 2 heterocycles. The highest BCUT2D eigenvalue weighted by Gasteiger charge is 2.36. The van der Waals surface area contributed by atoms with E-state index >= 15 is 0 Å². The van der Waals surface area contributed by atoms with Crippen LogP contribution in [0, 0.1) is 0 Å². The van der Waals surface area contributed by atoms with Gasteiger partial charge in [-0.25, -0.2) is 9.69 Å². The molecule has 0 saturated carbocycles. The van der Waals surface area contributed by atoms with Crippen LogP contribution in [0.2, 0.25) is 0 Å². The summed E-state index contributed by atoms with van der Waals surface area (Å²) in [5.74, 6) is 0.771. The van der Waals surface area contributed by atoms with Crippen molar-refractivity contribution in [3.63, 3.8) is 0 Å². The second-order valence-corrected chi connectivity index (χ2v) is 7.22. The lowest BCUT2D eigenvalue weighted by atomic mass is 9.98. The molecule has 0 spiro atoms. The van der Waals surface area contributed by atoms with Crippen molar-refractivity contribution in [3.05, 3.63) is 5.01 Å². The molecule has 21 heavy (non-hydrogen) atoms. The number of hydrogen-bond donors (Lipinski definition) is 0. The smallest absolute Gasteiger partial charge is 0.320 e. The fourth-order valence-electron chi connectivity index (χ4n) is 1.92. The molecule has 1 aliphatic heterocycles. The van der Waals surface area contributed by atoms with Gasteiger partial charge in [-0.15, -0.1) is 10.2 Å². The van der Waals surface area contributed by atoms with E-state index in [4.69, 9.17) is 0 Å². The summed E-state index contributed by atoms with van der Waals surface area (Å²) in [7, 11) is 1.78. The molecule has 7 heteroatoms. The first kappa shape index (κ1) is 15.9. The number of carbonyl (C=O) groups is 1. The molecule has 1 aliphatic rings. The molecule has 0 bridgehead atoms. The van der Waals surface area contributed by atoms with Crippen LogP contribution in [0.25, 0.3) is 0 Å². The van der Waals surface area contributed by atoms with Crippen LogP contribution in [0.15, 0.2) is 4.99 Å². The van der Waals surface area contributed by atoms with Gasteiger partial charge >= 0.3 is 6.03 Å². The maximum Gasteiger partial charge on any atom is 0.332 e. The number of amidine groups is 1. The first-order valence-electron chi connectivity index (χ1n) is 7.27. The van der Waals surface area contributed by atoms with E-state index in [-0.39, 0.29) is 11.4 Å². The van der Waals surface area contributed by atoms with Gasteiger partial charge in [0.25, 0.3) is 0 Å². The van der Waals surface area contributed by atoms with E-state index < -0.39 is 0 Å². The average molecular weight is 309 g/mol. The van der Waals surface area contributed by atoms with Gasteiger partial charge in [0.15, 0.2) is 0 Å². The van der Waals surface area contributed by atoms with E-state index in [0.717, 1.165) is 30.2 Å². The molecule has 1 aromatic heterocycles. The molecule has 0 atom stereocenters. The molecule has 0 radical (unpaired) electrons. The van der Waals surface area contributed by atoms with Crippen molar-refractivity contribution in [2.75, 3.05) is 25.0 Å². The molecule has 0 aromatic carbocycles. The van der Waals surface area contributed by atoms with Crippen LogP contribution >= 0.6 is 11.3 Å². The molecule has 2 rings (SSSR count). The van der Waals surface area contributed by atoms with Crippen LogP contribution in [0.1, 0.15) is 45.5 Å². The lowest BCUT2D eigenvalue weighted by Crippen LogP contribution is -2.31. The Hall–Kier alpha value is -1.50. The predicted molar refractivity (Wildman–Crippen MR) is 86.3 cm³/mol. The number of unbranched alkanes of at least 4 members (excludes halogenated alkanes) is 1. The molecule has 0 unspecified atom stereocenters. The Morgan fingerprint density at radius 2 is 2.05 bits per heavy atom. The van der Waals surface area contributed by atoms with Crippen LogP contribution in [-0.4, -0.2) is 47.1 Å². The maximum absolute atomic E-state index is 12.3. The van der Waals surface area contributed by atoms with Crippen molar-refractivity contribution >= 4 is 28.3 Å². The molecular weight excluding hydrogens is 286 g/mol. The Labute approximate surface area is 129 Å². The molecule has 116 valence electrons. The van der Waals surface area contributed by atoms with Crippen molar-refractivity contribution in [1.29, 1.82) is 0 Å². The van der Waals surface area contributed by atoms with Gasteiger partial charge in [-0.05, 0) is 6.42 Å². The van der Waals surface area contributed by atoms with Crippen molar-refractivity contribution in [2.24, 2.45) is 4.99 Å². The van der Waals surface area contributed by atoms with Crippen LogP contribution in [0.3, 0.4) is 0 Å². The van der Waals surface area contributed by atoms with Crippen molar-refractivity contribution in [3.8, 4) is 0 Å². The fourth-order valence-corrected chi connectivity index (χ4v) is 2.84. The number of aromatic nitrogens is 2. The summed E-state index contributed by atoms with van der Waals surface area (Å²) in [5.41, 5.74) is -0.0654. The number of anilines is 1.